The van der Waals surface area contributed by atoms with E-state index in [9.17, 15) is 39.6 Å². The summed E-state index contributed by atoms with van der Waals surface area (Å²) in [6, 6.07) is 39.0. The molecule has 0 saturated heterocycles. The van der Waals surface area contributed by atoms with Gasteiger partial charge >= 0.3 is 0 Å². The topological polar surface area (TPSA) is 194 Å². The summed E-state index contributed by atoms with van der Waals surface area (Å²) in [5.74, 6) is 3.00. The van der Waals surface area contributed by atoms with Gasteiger partial charge in [0.15, 0.2) is 0 Å². The second-order valence-corrected chi connectivity index (χ2v) is 27.5. The molecular weight excluding hydrogens is 1030 g/mol. The molecule has 4 fully saturated rings. The van der Waals surface area contributed by atoms with Gasteiger partial charge in [-0.2, -0.15) is 22.1 Å². The lowest BCUT2D eigenvalue weighted by Crippen LogP contribution is -2.55. The van der Waals surface area contributed by atoms with Gasteiger partial charge in [0.05, 0.1) is 20.2 Å². The van der Waals surface area contributed by atoms with Gasteiger partial charge in [0.2, 0.25) is 9.84 Å². The van der Waals surface area contributed by atoms with Crippen LogP contribution in [0.15, 0.2) is 147 Å². The third-order valence-corrected chi connectivity index (χ3v) is 21.5. The van der Waals surface area contributed by atoms with Crippen molar-refractivity contribution in [1.82, 2.24) is 0 Å². The van der Waals surface area contributed by atoms with Crippen LogP contribution in [0.5, 0.6) is 28.7 Å². The molecule has 10 rings (SSSR count). The van der Waals surface area contributed by atoms with Crippen LogP contribution in [0.3, 0.4) is 0 Å². The van der Waals surface area contributed by atoms with Crippen molar-refractivity contribution >= 4 is 30.1 Å². The average Bonchev–Trinajstić information content (AvgIpc) is 3.48. The van der Waals surface area contributed by atoms with Gasteiger partial charge in [-0.3, -0.25) is 9.11 Å². The van der Waals surface area contributed by atoms with Gasteiger partial charge in [-0.25, -0.2) is 8.42 Å². The highest BCUT2D eigenvalue weighted by atomic mass is 32.2. The van der Waals surface area contributed by atoms with E-state index in [1.54, 1.807) is 26.0 Å². The number of ether oxygens (including phenoxy) is 3. The molecule has 0 aliphatic heterocycles. The Morgan fingerprint density at radius 1 is 0.584 bits per heavy atom. The molecule has 0 spiro atoms. The van der Waals surface area contributed by atoms with Crippen LogP contribution in [0.4, 0.5) is 0 Å². The van der Waals surface area contributed by atoms with Crippen molar-refractivity contribution in [2.24, 2.45) is 11.8 Å². The lowest BCUT2D eigenvalue weighted by molar-refractivity contribution is -0.0283. The van der Waals surface area contributed by atoms with E-state index < -0.39 is 66.1 Å². The summed E-state index contributed by atoms with van der Waals surface area (Å²) in [5, 5.41) is 10.7. The fraction of sp³-hybridized carbons (Fsp3) is 0.403. The van der Waals surface area contributed by atoms with E-state index in [-0.39, 0.29) is 27.9 Å². The van der Waals surface area contributed by atoms with Crippen LogP contribution in [0, 0.1) is 30.1 Å². The maximum Gasteiger partial charge on any atom is 0.298 e. The van der Waals surface area contributed by atoms with Gasteiger partial charge in [0.25, 0.3) is 20.2 Å². The Morgan fingerprint density at radius 3 is 1.57 bits per heavy atom. The smallest absolute Gasteiger partial charge is 0.298 e. The summed E-state index contributed by atoms with van der Waals surface area (Å²) >= 11 is 0. The Kier molecular flexibility index (Phi) is 14.7. The second kappa shape index (κ2) is 20.3. The first-order chi connectivity index (χ1) is 36.3. The first-order valence-electron chi connectivity index (χ1n) is 26.6. The van der Waals surface area contributed by atoms with Gasteiger partial charge in [-0.05, 0) is 201 Å². The molecule has 12 nitrogen and oxygen atoms in total. The molecule has 0 radical (unpaired) electrons. The Labute approximate surface area is 455 Å². The lowest BCUT2D eigenvalue weighted by atomic mass is 9.42. The SMILES string of the molecule is CCC(C)(C)c1ccc(S(=O)(=O)c2ccc(Oc3ccc(C45CC6CC(C4)CC(c4ccc(OC(C)(CC)C(CC)(CC)c7cccc(Oc8ccc(C)cc8)c7C#N)cc4)(C6)C5)cc3)c(S(=O)(=O)O)c2)cc1S(=O)(=O)O. The van der Waals surface area contributed by atoms with Gasteiger partial charge in [0, 0.05) is 5.41 Å². The van der Waals surface area contributed by atoms with Crippen molar-refractivity contribution in [3.63, 3.8) is 0 Å². The molecule has 406 valence electrons. The zero-order chi connectivity index (χ0) is 55.6. The van der Waals surface area contributed by atoms with Crippen molar-refractivity contribution in [2.75, 3.05) is 0 Å². The standard InChI is InChI=1S/C62H69NO11S3/c1-9-58(6,7)53-30-28-49(33-56(53)76(66,67)68)75(64,65)50-29-31-55(57(34-50)77(69,70)71)73-47-24-18-44(19-25-47)60-35-42-32-43(36-60)38-61(37-42,40-60)45-20-26-48(27-21-45)74-59(8,10-2)62(11-3,12-4)52-14-13-15-54(51(52)39-63)72-46-22-16-41(5)17-23-46/h13-31,33-34,42-43H,9-12,32,35-38,40H2,1-8H3,(H,66,67,68)(H,69,70,71). The Bertz CT molecular complexity index is 3590. The number of nitriles is 1. The van der Waals surface area contributed by atoms with Crippen LogP contribution in [0.25, 0.3) is 0 Å². The zero-order valence-corrected chi connectivity index (χ0v) is 47.5. The van der Waals surface area contributed by atoms with Gasteiger partial charge in [-0.1, -0.05) is 102 Å². The second-order valence-electron chi connectivity index (χ2n) is 22.8. The van der Waals surface area contributed by atoms with E-state index in [0.717, 1.165) is 91.7 Å². The number of benzene rings is 6. The van der Waals surface area contributed by atoms with Crippen LogP contribution in [-0.2, 0) is 51.7 Å². The summed E-state index contributed by atoms with van der Waals surface area (Å²) in [5.41, 5.74) is 3.13. The van der Waals surface area contributed by atoms with Crippen LogP contribution in [0.1, 0.15) is 146 Å². The summed E-state index contributed by atoms with van der Waals surface area (Å²) < 4.78 is 119. The van der Waals surface area contributed by atoms with Crippen molar-refractivity contribution in [3.8, 4) is 34.8 Å². The number of aryl methyl sites for hydroxylation is 1. The molecule has 3 unspecified atom stereocenters. The Balaban J connectivity index is 0.952. The monoisotopic (exact) mass is 1100 g/mol. The van der Waals surface area contributed by atoms with Crippen LogP contribution in [-0.4, -0.2) is 40.0 Å². The molecule has 4 saturated carbocycles. The molecule has 2 N–H and O–H groups in total. The summed E-state index contributed by atoms with van der Waals surface area (Å²) in [7, 11) is -14.5. The Hall–Kier alpha value is -6.02. The quantitative estimate of drug-likeness (QED) is 0.0730. The van der Waals surface area contributed by atoms with E-state index in [1.165, 1.54) is 24.1 Å². The third-order valence-electron chi connectivity index (χ3n) is 18.0. The number of hydrogen-bond acceptors (Lipinski definition) is 10. The first kappa shape index (κ1) is 55.7. The van der Waals surface area contributed by atoms with Gasteiger partial charge < -0.3 is 14.2 Å². The molecule has 3 atom stereocenters. The van der Waals surface area contributed by atoms with E-state index in [1.807, 2.05) is 62.4 Å². The molecule has 6 aromatic carbocycles. The number of nitrogens with zero attached hydrogens (tertiary/aromatic N) is 1. The summed E-state index contributed by atoms with van der Waals surface area (Å²) in [6.45, 7) is 16.0. The number of rotatable bonds is 19. The third kappa shape index (κ3) is 10.2. The fourth-order valence-electron chi connectivity index (χ4n) is 13.8. The van der Waals surface area contributed by atoms with E-state index in [2.05, 4.69) is 64.1 Å². The van der Waals surface area contributed by atoms with Crippen molar-refractivity contribution in [3.05, 3.63) is 161 Å². The number of sulfone groups is 1. The maximum absolute atomic E-state index is 13.9. The maximum atomic E-state index is 13.9. The molecule has 6 aromatic rings. The van der Waals surface area contributed by atoms with Gasteiger partial charge in [0.1, 0.15) is 45.3 Å². The minimum absolute atomic E-state index is 0.0451. The largest absolute Gasteiger partial charge is 0.487 e. The Morgan fingerprint density at radius 2 is 1.08 bits per heavy atom. The predicted octanol–water partition coefficient (Wildman–Crippen LogP) is 14.6. The van der Waals surface area contributed by atoms with E-state index in [0.29, 0.717) is 41.7 Å². The van der Waals surface area contributed by atoms with Crippen LogP contribution >= 0.6 is 0 Å². The molecule has 4 bridgehead atoms. The molecule has 77 heavy (non-hydrogen) atoms. The molecule has 0 aromatic heterocycles. The molecule has 15 heteroatoms. The summed E-state index contributed by atoms with van der Waals surface area (Å²) in [6.07, 6.45) is 9.09. The van der Waals surface area contributed by atoms with E-state index in [4.69, 9.17) is 14.2 Å². The molecular formula is C62H69NO11S3. The predicted molar refractivity (Wildman–Crippen MR) is 296 cm³/mol. The highest BCUT2D eigenvalue weighted by molar-refractivity contribution is 7.91. The minimum atomic E-state index is -5.05. The highest BCUT2D eigenvalue weighted by Gasteiger charge is 2.59. The molecule has 4 aliphatic rings. The fourth-order valence-corrected chi connectivity index (χ4v) is 16.8. The average molecular weight is 1100 g/mol. The van der Waals surface area contributed by atoms with Crippen LogP contribution < -0.4 is 14.2 Å². The number of hydrogen-bond donors (Lipinski definition) is 2. The van der Waals surface area contributed by atoms with Crippen molar-refractivity contribution in [1.29, 1.82) is 5.26 Å². The molecule has 4 aliphatic carbocycles. The molecule has 0 heterocycles. The minimum Gasteiger partial charge on any atom is -0.487 e. The van der Waals surface area contributed by atoms with Crippen LogP contribution in [0.2, 0.25) is 0 Å². The van der Waals surface area contributed by atoms with Crippen molar-refractivity contribution < 1.29 is 48.6 Å². The summed E-state index contributed by atoms with van der Waals surface area (Å²) in [4.78, 5) is -2.40. The lowest BCUT2D eigenvalue weighted by Gasteiger charge is -2.63. The highest BCUT2D eigenvalue weighted by Crippen LogP contribution is 2.66. The van der Waals surface area contributed by atoms with Crippen molar-refractivity contribution in [2.45, 2.75) is 166 Å². The van der Waals surface area contributed by atoms with Gasteiger partial charge in [-0.15, -0.1) is 0 Å². The zero-order valence-electron chi connectivity index (χ0n) is 45.1. The normalized spacial score (nSPS) is 21.3. The van der Waals surface area contributed by atoms with E-state index >= 15 is 0 Å². The first-order valence-corrected chi connectivity index (χ1v) is 31.0. The molecule has 0 amide bonds.